The van der Waals surface area contributed by atoms with E-state index in [0.29, 0.717) is 30.0 Å². The van der Waals surface area contributed by atoms with E-state index in [1.165, 1.54) is 11.1 Å². The summed E-state index contributed by atoms with van der Waals surface area (Å²) in [5.74, 6) is 0.346. The fraction of sp³-hybridized carbons (Fsp3) is 0.545. The molecule has 17 heavy (non-hydrogen) atoms. The maximum Gasteiger partial charge on any atom is 0.405 e. The number of nitrogens with zero attached hydrogens (tertiary/aromatic N) is 2. The molecule has 0 amide bonds. The third-order valence-corrected chi connectivity index (χ3v) is 2.23. The molecule has 0 aliphatic heterocycles. The Morgan fingerprint density at radius 2 is 2.06 bits per heavy atom. The molecule has 0 aliphatic rings. The molecule has 1 aromatic heterocycles. The number of nitrogens with two attached hydrogens (primary N) is 1. The lowest BCUT2D eigenvalue weighted by molar-refractivity contribution is -0.119. The van der Waals surface area contributed by atoms with Gasteiger partial charge in [0.15, 0.2) is 0 Å². The van der Waals surface area contributed by atoms with Crippen molar-refractivity contribution in [2.75, 3.05) is 23.7 Å². The van der Waals surface area contributed by atoms with Gasteiger partial charge >= 0.3 is 6.18 Å². The van der Waals surface area contributed by atoms with Gasteiger partial charge < -0.3 is 10.6 Å². The lowest BCUT2D eigenvalue weighted by Gasteiger charge is -2.25. The van der Waals surface area contributed by atoms with Crippen molar-refractivity contribution in [3.05, 3.63) is 17.8 Å². The fourth-order valence-corrected chi connectivity index (χ4v) is 1.67. The Morgan fingerprint density at radius 3 is 2.53 bits per heavy atom. The minimum atomic E-state index is -4.23. The van der Waals surface area contributed by atoms with Crippen LogP contribution in [0.15, 0.2) is 12.3 Å². The first-order valence-corrected chi connectivity index (χ1v) is 5.37. The van der Waals surface area contributed by atoms with Gasteiger partial charge in [0.25, 0.3) is 0 Å². The van der Waals surface area contributed by atoms with Crippen LogP contribution in [0.3, 0.4) is 0 Å². The number of pyridine rings is 1. The molecule has 2 N–H and O–H groups in total. The van der Waals surface area contributed by atoms with Crippen LogP contribution in [-0.2, 0) is 0 Å². The average Bonchev–Trinajstić information content (AvgIpc) is 2.14. The first kappa shape index (κ1) is 13.6. The second-order valence-electron chi connectivity index (χ2n) is 3.95. The third-order valence-electron chi connectivity index (χ3n) is 2.23. The van der Waals surface area contributed by atoms with E-state index < -0.39 is 12.7 Å². The topological polar surface area (TPSA) is 42.2 Å². The molecule has 0 aliphatic carbocycles. The molecule has 0 saturated heterocycles. The molecular formula is C11H16F3N3. The first-order chi connectivity index (χ1) is 7.83. The molecule has 1 rings (SSSR count). The van der Waals surface area contributed by atoms with Gasteiger partial charge in [0.2, 0.25) is 0 Å². The largest absolute Gasteiger partial charge is 0.405 e. The molecule has 1 heterocycles. The highest BCUT2D eigenvalue weighted by molar-refractivity contribution is 5.52. The van der Waals surface area contributed by atoms with Crippen molar-refractivity contribution in [3.63, 3.8) is 0 Å². The first-order valence-electron chi connectivity index (χ1n) is 5.37. The van der Waals surface area contributed by atoms with Gasteiger partial charge in [-0.25, -0.2) is 4.98 Å². The van der Waals surface area contributed by atoms with Crippen LogP contribution in [0.4, 0.5) is 24.7 Å². The third kappa shape index (κ3) is 4.13. The van der Waals surface area contributed by atoms with Gasteiger partial charge in [-0.3, -0.25) is 0 Å². The Bertz CT molecular complexity index is 377. The van der Waals surface area contributed by atoms with Gasteiger partial charge in [-0.1, -0.05) is 6.92 Å². The number of hydrogen-bond acceptors (Lipinski definition) is 3. The Morgan fingerprint density at radius 1 is 1.41 bits per heavy atom. The molecule has 0 saturated carbocycles. The minimum absolute atomic E-state index is 0.317. The zero-order chi connectivity index (χ0) is 13.1. The lowest BCUT2D eigenvalue weighted by Crippen LogP contribution is -2.35. The van der Waals surface area contributed by atoms with E-state index >= 15 is 0 Å². The summed E-state index contributed by atoms with van der Waals surface area (Å²) in [5.41, 5.74) is 6.63. The van der Waals surface area contributed by atoms with E-state index in [0.717, 1.165) is 0 Å². The van der Waals surface area contributed by atoms with Gasteiger partial charge in [-0.05, 0) is 25.0 Å². The number of halogens is 3. The second-order valence-corrected chi connectivity index (χ2v) is 3.95. The summed E-state index contributed by atoms with van der Waals surface area (Å²) in [5, 5.41) is 0. The number of aromatic nitrogens is 1. The van der Waals surface area contributed by atoms with Crippen LogP contribution < -0.4 is 10.6 Å². The maximum atomic E-state index is 12.4. The predicted octanol–water partition coefficient (Wildman–Crippen LogP) is 2.75. The minimum Gasteiger partial charge on any atom is -0.397 e. The van der Waals surface area contributed by atoms with Crippen molar-refractivity contribution in [1.29, 1.82) is 0 Å². The quantitative estimate of drug-likeness (QED) is 0.889. The van der Waals surface area contributed by atoms with Gasteiger partial charge in [-0.2, -0.15) is 13.2 Å². The molecular weight excluding hydrogens is 231 g/mol. The molecule has 0 atom stereocenters. The molecule has 1 aromatic rings. The molecule has 0 radical (unpaired) electrons. The summed E-state index contributed by atoms with van der Waals surface area (Å²) in [6.07, 6.45) is -2.23. The molecule has 0 fully saturated rings. The van der Waals surface area contributed by atoms with E-state index in [-0.39, 0.29) is 0 Å². The van der Waals surface area contributed by atoms with Gasteiger partial charge in [0, 0.05) is 6.54 Å². The van der Waals surface area contributed by atoms with E-state index in [1.807, 2.05) is 6.92 Å². The molecule has 3 nitrogen and oxygen atoms in total. The van der Waals surface area contributed by atoms with E-state index in [2.05, 4.69) is 4.98 Å². The highest BCUT2D eigenvalue weighted by atomic mass is 19.4. The van der Waals surface area contributed by atoms with E-state index in [4.69, 9.17) is 5.73 Å². The van der Waals surface area contributed by atoms with Crippen LogP contribution >= 0.6 is 0 Å². The van der Waals surface area contributed by atoms with Crippen LogP contribution in [0, 0.1) is 6.92 Å². The number of hydrogen-bond donors (Lipinski definition) is 1. The second kappa shape index (κ2) is 5.25. The zero-order valence-corrected chi connectivity index (χ0v) is 9.88. The van der Waals surface area contributed by atoms with Crippen molar-refractivity contribution in [3.8, 4) is 0 Å². The average molecular weight is 247 g/mol. The molecule has 0 unspecified atom stereocenters. The Balaban J connectivity index is 2.97. The monoisotopic (exact) mass is 247 g/mol. The van der Waals surface area contributed by atoms with Gasteiger partial charge in [0.05, 0.1) is 11.9 Å². The van der Waals surface area contributed by atoms with Crippen LogP contribution in [0.2, 0.25) is 0 Å². The molecule has 0 bridgehead atoms. The fourth-order valence-electron chi connectivity index (χ4n) is 1.67. The van der Waals surface area contributed by atoms with Crippen LogP contribution in [0.1, 0.15) is 18.9 Å². The van der Waals surface area contributed by atoms with Crippen molar-refractivity contribution in [2.45, 2.75) is 26.4 Å². The molecule has 96 valence electrons. The van der Waals surface area contributed by atoms with E-state index in [9.17, 15) is 13.2 Å². The van der Waals surface area contributed by atoms with E-state index in [1.54, 1.807) is 13.0 Å². The summed E-state index contributed by atoms with van der Waals surface area (Å²) >= 11 is 0. The van der Waals surface area contributed by atoms with Crippen LogP contribution in [-0.4, -0.2) is 24.2 Å². The van der Waals surface area contributed by atoms with Crippen LogP contribution in [0.25, 0.3) is 0 Å². The highest BCUT2D eigenvalue weighted by Crippen LogP contribution is 2.24. The summed E-state index contributed by atoms with van der Waals surface area (Å²) < 4.78 is 37.3. The highest BCUT2D eigenvalue weighted by Gasteiger charge is 2.31. The molecule has 6 heteroatoms. The normalized spacial score (nSPS) is 11.6. The summed E-state index contributed by atoms with van der Waals surface area (Å²) in [6, 6.07) is 1.63. The zero-order valence-electron chi connectivity index (χ0n) is 9.88. The number of aryl methyl sites for hydroxylation is 1. The SMILES string of the molecule is CCCN(CC(F)(F)F)c1ncc(N)cc1C. The summed E-state index contributed by atoms with van der Waals surface area (Å²) in [7, 11) is 0. The van der Waals surface area contributed by atoms with Crippen molar-refractivity contribution in [1.82, 2.24) is 4.98 Å². The molecule has 0 spiro atoms. The van der Waals surface area contributed by atoms with Gasteiger partial charge in [0.1, 0.15) is 12.4 Å². The van der Waals surface area contributed by atoms with Crippen LogP contribution in [0.5, 0.6) is 0 Å². The Hall–Kier alpha value is -1.46. The Kier molecular flexibility index (Phi) is 4.20. The predicted molar refractivity (Wildman–Crippen MR) is 61.9 cm³/mol. The standard InChI is InChI=1S/C11H16F3N3/c1-3-4-17(7-11(12,13)14)10-8(2)5-9(15)6-16-10/h5-6H,3-4,7,15H2,1-2H3. The number of rotatable bonds is 4. The van der Waals surface area contributed by atoms with Gasteiger partial charge in [-0.15, -0.1) is 0 Å². The summed E-state index contributed by atoms with van der Waals surface area (Å²) in [6.45, 7) is 2.86. The maximum absolute atomic E-state index is 12.4. The summed E-state index contributed by atoms with van der Waals surface area (Å²) in [4.78, 5) is 5.21. The number of anilines is 2. The smallest absolute Gasteiger partial charge is 0.397 e. The number of alkyl halides is 3. The van der Waals surface area contributed by atoms with Crippen molar-refractivity contribution < 1.29 is 13.2 Å². The lowest BCUT2D eigenvalue weighted by atomic mass is 10.2. The Labute approximate surface area is 98.4 Å². The van der Waals surface area contributed by atoms with Crippen molar-refractivity contribution in [2.24, 2.45) is 0 Å². The molecule has 0 aromatic carbocycles. The number of nitrogen functional groups attached to an aromatic ring is 1. The van der Waals surface area contributed by atoms with Crippen molar-refractivity contribution >= 4 is 11.5 Å².